The van der Waals surface area contributed by atoms with Crippen molar-refractivity contribution in [3.8, 4) is 0 Å². The van der Waals surface area contributed by atoms with E-state index in [2.05, 4.69) is 6.92 Å². The third-order valence-electron chi connectivity index (χ3n) is 2.67. The van der Waals surface area contributed by atoms with Crippen LogP contribution in [0.15, 0.2) is 0 Å². The fraction of sp³-hybridized carbons (Fsp3) is 0.923. The first-order valence-electron chi connectivity index (χ1n) is 6.33. The van der Waals surface area contributed by atoms with Crippen LogP contribution in [0.1, 0.15) is 77.6 Å². The van der Waals surface area contributed by atoms with Crippen molar-refractivity contribution in [3.05, 3.63) is 6.67 Å². The van der Waals surface area contributed by atoms with Crippen molar-refractivity contribution in [2.24, 2.45) is 0 Å². The molecule has 1 heteroatoms. The van der Waals surface area contributed by atoms with Gasteiger partial charge in [-0.25, -0.2) is 4.39 Å². The fourth-order valence-electron chi connectivity index (χ4n) is 1.71. The second kappa shape index (κ2) is 12.9. The molecule has 0 amide bonds. The highest BCUT2D eigenvalue weighted by Crippen LogP contribution is 2.11. The minimum absolute atomic E-state index is 0.649. The van der Waals surface area contributed by atoms with Crippen molar-refractivity contribution in [2.75, 3.05) is 0 Å². The maximum atomic E-state index is 11.6. The zero-order valence-electron chi connectivity index (χ0n) is 9.73. The molecule has 14 heavy (non-hydrogen) atoms. The van der Waals surface area contributed by atoms with Crippen LogP contribution < -0.4 is 0 Å². The number of rotatable bonds is 11. The Morgan fingerprint density at radius 2 is 1.14 bits per heavy atom. The van der Waals surface area contributed by atoms with E-state index < -0.39 is 0 Å². The Labute approximate surface area is 89.3 Å². The SMILES string of the molecule is CCCCCCCCCCCC[CH]F. The minimum Gasteiger partial charge on any atom is -0.244 e. The molecular weight excluding hydrogens is 175 g/mol. The molecule has 0 saturated carbocycles. The summed E-state index contributed by atoms with van der Waals surface area (Å²) in [7, 11) is 0. The Kier molecular flexibility index (Phi) is 12.9. The molecule has 0 aromatic carbocycles. The lowest BCUT2D eigenvalue weighted by Gasteiger charge is -2.00. The molecule has 0 aliphatic rings. The van der Waals surface area contributed by atoms with E-state index in [1.54, 1.807) is 0 Å². The lowest BCUT2D eigenvalue weighted by molar-refractivity contribution is 0.522. The monoisotopic (exact) mass is 201 g/mol. The Balaban J connectivity index is 2.78. The van der Waals surface area contributed by atoms with Crippen molar-refractivity contribution >= 4 is 0 Å². The molecule has 0 nitrogen and oxygen atoms in total. The highest BCUT2D eigenvalue weighted by Gasteiger charge is 1.92. The molecule has 0 aliphatic heterocycles. The molecule has 1 radical (unpaired) electrons. The van der Waals surface area contributed by atoms with E-state index in [0.717, 1.165) is 13.1 Å². The van der Waals surface area contributed by atoms with Crippen LogP contribution in [0.2, 0.25) is 0 Å². The first kappa shape index (κ1) is 13.9. The molecule has 0 aliphatic carbocycles. The van der Waals surface area contributed by atoms with Crippen LogP contribution in [0.25, 0.3) is 0 Å². The van der Waals surface area contributed by atoms with Gasteiger partial charge in [0.2, 0.25) is 0 Å². The summed E-state index contributed by atoms with van der Waals surface area (Å²) in [5.74, 6) is 0. The minimum atomic E-state index is 0.649. The molecule has 0 fully saturated rings. The Bertz CT molecular complexity index is 79.2. The van der Waals surface area contributed by atoms with Crippen LogP contribution in [0.4, 0.5) is 4.39 Å². The van der Waals surface area contributed by atoms with Crippen molar-refractivity contribution in [1.82, 2.24) is 0 Å². The zero-order chi connectivity index (χ0) is 10.5. The van der Waals surface area contributed by atoms with Gasteiger partial charge in [-0.3, -0.25) is 0 Å². The standard InChI is InChI=1S/C13H26F/c1-2-3-4-5-6-7-8-9-10-11-12-13-14/h13H,2-12H2,1H3. The largest absolute Gasteiger partial charge is 0.244 e. The summed E-state index contributed by atoms with van der Waals surface area (Å²) >= 11 is 0. The predicted octanol–water partition coefficient (Wildman–Crippen LogP) is 5.43. The Morgan fingerprint density at radius 1 is 0.714 bits per heavy atom. The predicted molar refractivity (Wildman–Crippen MR) is 61.9 cm³/mol. The molecule has 0 aromatic heterocycles. The summed E-state index contributed by atoms with van der Waals surface area (Å²) in [5.41, 5.74) is 0. The average molecular weight is 201 g/mol. The van der Waals surface area contributed by atoms with Crippen LogP contribution in [0.3, 0.4) is 0 Å². The zero-order valence-corrected chi connectivity index (χ0v) is 9.73. The molecule has 0 aromatic rings. The molecule has 0 rings (SSSR count). The van der Waals surface area contributed by atoms with E-state index in [9.17, 15) is 4.39 Å². The van der Waals surface area contributed by atoms with E-state index >= 15 is 0 Å². The van der Waals surface area contributed by atoms with E-state index in [1.165, 1.54) is 57.8 Å². The second-order valence-electron chi connectivity index (χ2n) is 4.12. The topological polar surface area (TPSA) is 0 Å². The van der Waals surface area contributed by atoms with Gasteiger partial charge in [0.05, 0.1) is 0 Å². The first-order chi connectivity index (χ1) is 6.91. The summed E-state index contributed by atoms with van der Waals surface area (Å²) < 4.78 is 11.6. The smallest absolute Gasteiger partial charge is 0.131 e. The third kappa shape index (κ3) is 11.9. The van der Waals surface area contributed by atoms with Gasteiger partial charge in [-0.05, 0) is 6.42 Å². The van der Waals surface area contributed by atoms with Gasteiger partial charge in [0.15, 0.2) is 0 Å². The molecule has 0 unspecified atom stereocenters. The van der Waals surface area contributed by atoms with Crippen LogP contribution in [-0.2, 0) is 0 Å². The Morgan fingerprint density at radius 3 is 1.57 bits per heavy atom. The maximum Gasteiger partial charge on any atom is 0.131 e. The lowest BCUT2D eigenvalue weighted by atomic mass is 10.1. The second-order valence-corrected chi connectivity index (χ2v) is 4.12. The number of halogens is 1. The van der Waals surface area contributed by atoms with Crippen molar-refractivity contribution < 1.29 is 4.39 Å². The molecule has 0 heterocycles. The van der Waals surface area contributed by atoms with Gasteiger partial charge in [0, 0.05) is 0 Å². The quantitative estimate of drug-likeness (QED) is 0.391. The van der Waals surface area contributed by atoms with Gasteiger partial charge in [0.1, 0.15) is 6.67 Å². The molecule has 85 valence electrons. The van der Waals surface area contributed by atoms with E-state index in [0.29, 0.717) is 6.42 Å². The normalized spacial score (nSPS) is 10.7. The number of hydrogen-bond acceptors (Lipinski definition) is 0. The van der Waals surface area contributed by atoms with Gasteiger partial charge < -0.3 is 0 Å². The molecule has 0 saturated heterocycles. The van der Waals surface area contributed by atoms with Crippen LogP contribution in [0, 0.1) is 6.67 Å². The van der Waals surface area contributed by atoms with Crippen molar-refractivity contribution in [2.45, 2.75) is 77.6 Å². The van der Waals surface area contributed by atoms with E-state index in [-0.39, 0.29) is 0 Å². The fourth-order valence-corrected chi connectivity index (χ4v) is 1.71. The summed E-state index contributed by atoms with van der Waals surface area (Å²) in [6.07, 6.45) is 13.8. The number of unbranched alkanes of at least 4 members (excludes halogenated alkanes) is 10. The molecule has 0 N–H and O–H groups in total. The summed E-state index contributed by atoms with van der Waals surface area (Å²) in [6.45, 7) is 3.03. The van der Waals surface area contributed by atoms with Gasteiger partial charge in [0.25, 0.3) is 0 Å². The van der Waals surface area contributed by atoms with Crippen LogP contribution >= 0.6 is 0 Å². The van der Waals surface area contributed by atoms with Gasteiger partial charge in [-0.2, -0.15) is 0 Å². The van der Waals surface area contributed by atoms with E-state index in [1.807, 2.05) is 0 Å². The van der Waals surface area contributed by atoms with E-state index in [4.69, 9.17) is 0 Å². The highest BCUT2D eigenvalue weighted by atomic mass is 19.1. The highest BCUT2D eigenvalue weighted by molar-refractivity contribution is 4.50. The molecule has 0 spiro atoms. The molecule has 0 atom stereocenters. The Hall–Kier alpha value is -0.0700. The summed E-state index contributed by atoms with van der Waals surface area (Å²) in [5, 5.41) is 0. The maximum absolute atomic E-state index is 11.6. The van der Waals surface area contributed by atoms with Gasteiger partial charge in [-0.1, -0.05) is 71.1 Å². The first-order valence-corrected chi connectivity index (χ1v) is 6.33. The van der Waals surface area contributed by atoms with Gasteiger partial charge >= 0.3 is 0 Å². The molecular formula is C13H26F. The third-order valence-corrected chi connectivity index (χ3v) is 2.67. The van der Waals surface area contributed by atoms with Crippen LogP contribution in [-0.4, -0.2) is 0 Å². The van der Waals surface area contributed by atoms with Crippen molar-refractivity contribution in [3.63, 3.8) is 0 Å². The van der Waals surface area contributed by atoms with Crippen LogP contribution in [0.5, 0.6) is 0 Å². The summed E-state index contributed by atoms with van der Waals surface area (Å²) in [6, 6.07) is 0. The lowest BCUT2D eigenvalue weighted by Crippen LogP contribution is -1.81. The average Bonchev–Trinajstić information content (AvgIpc) is 2.21. The molecule has 0 bridgehead atoms. The van der Waals surface area contributed by atoms with Gasteiger partial charge in [-0.15, -0.1) is 0 Å². The number of hydrogen-bond donors (Lipinski definition) is 0. The van der Waals surface area contributed by atoms with Crippen molar-refractivity contribution in [1.29, 1.82) is 0 Å². The summed E-state index contributed by atoms with van der Waals surface area (Å²) in [4.78, 5) is 0.